The molecule has 0 bridgehead atoms. The predicted molar refractivity (Wildman–Crippen MR) is 82.1 cm³/mol. The van der Waals surface area contributed by atoms with Gasteiger partial charge in [0.05, 0.1) is 12.7 Å². The molecule has 1 aromatic rings. The number of esters is 1. The van der Waals surface area contributed by atoms with Crippen molar-refractivity contribution in [3.8, 4) is 5.75 Å². The van der Waals surface area contributed by atoms with Gasteiger partial charge < -0.3 is 20.1 Å². The minimum absolute atomic E-state index is 0.105. The van der Waals surface area contributed by atoms with Gasteiger partial charge in [-0.05, 0) is 19.1 Å². The van der Waals surface area contributed by atoms with Crippen LogP contribution in [0.5, 0.6) is 5.75 Å². The van der Waals surface area contributed by atoms with Gasteiger partial charge >= 0.3 is 5.97 Å². The monoisotopic (exact) mass is 310 g/mol. The Balaban J connectivity index is 2.67. The smallest absolute Gasteiger partial charge is 0.325 e. The first-order valence-electron chi connectivity index (χ1n) is 6.35. The molecule has 1 aromatic carbocycles. The minimum Gasteiger partial charge on any atom is -0.483 e. The maximum absolute atomic E-state index is 12.0. The molecule has 2 N–H and O–H groups in total. The van der Waals surface area contributed by atoms with Crippen LogP contribution in [-0.4, -0.2) is 48.6 Å². The molecule has 0 saturated carbocycles. The van der Waals surface area contributed by atoms with Gasteiger partial charge in [0, 0.05) is 6.54 Å². The maximum atomic E-state index is 12.0. The number of methoxy groups -OCH3 is 1. The van der Waals surface area contributed by atoms with Crippen LogP contribution >= 0.6 is 12.2 Å². The van der Waals surface area contributed by atoms with Crippen LogP contribution < -0.4 is 10.5 Å². The van der Waals surface area contributed by atoms with E-state index in [0.717, 1.165) is 0 Å². The number of carbonyl (C=O) groups excluding carboxylic acids is 2. The number of likely N-dealkylation sites (N-methyl/N-ethyl adjacent to an activating group) is 1. The van der Waals surface area contributed by atoms with E-state index in [0.29, 0.717) is 17.9 Å². The zero-order valence-corrected chi connectivity index (χ0v) is 12.8. The first kappa shape index (κ1) is 16.9. The van der Waals surface area contributed by atoms with Gasteiger partial charge in [-0.3, -0.25) is 9.59 Å². The van der Waals surface area contributed by atoms with Crippen LogP contribution in [0.3, 0.4) is 0 Å². The molecule has 0 radical (unpaired) electrons. The number of amides is 1. The topological polar surface area (TPSA) is 81.9 Å². The maximum Gasteiger partial charge on any atom is 0.325 e. The lowest BCUT2D eigenvalue weighted by Gasteiger charge is -2.20. The van der Waals surface area contributed by atoms with Gasteiger partial charge in [0.1, 0.15) is 17.3 Å². The number of para-hydroxylation sites is 1. The van der Waals surface area contributed by atoms with Gasteiger partial charge in [0.25, 0.3) is 5.91 Å². The molecular weight excluding hydrogens is 292 g/mol. The van der Waals surface area contributed by atoms with Gasteiger partial charge in [-0.1, -0.05) is 24.4 Å². The van der Waals surface area contributed by atoms with Crippen molar-refractivity contribution in [2.45, 2.75) is 6.92 Å². The SMILES string of the molecule is CCN(CC(=O)OC)C(=O)COc1ccccc1C(N)=S. The van der Waals surface area contributed by atoms with Gasteiger partial charge in [0.15, 0.2) is 6.61 Å². The molecule has 114 valence electrons. The Morgan fingerprint density at radius 1 is 1.33 bits per heavy atom. The second-order valence-corrected chi connectivity index (χ2v) is 4.57. The molecule has 0 aliphatic carbocycles. The largest absolute Gasteiger partial charge is 0.483 e. The molecule has 0 aliphatic rings. The van der Waals surface area contributed by atoms with Crippen LogP contribution in [0, 0.1) is 0 Å². The number of hydrogen-bond acceptors (Lipinski definition) is 5. The summed E-state index contributed by atoms with van der Waals surface area (Å²) in [5.41, 5.74) is 6.15. The van der Waals surface area contributed by atoms with E-state index in [1.807, 2.05) is 0 Å². The fourth-order valence-corrected chi connectivity index (χ4v) is 1.79. The summed E-state index contributed by atoms with van der Waals surface area (Å²) in [6, 6.07) is 6.93. The summed E-state index contributed by atoms with van der Waals surface area (Å²) in [5, 5.41) is 0. The lowest BCUT2D eigenvalue weighted by atomic mass is 10.2. The molecule has 7 heteroatoms. The second kappa shape index (κ2) is 8.21. The standard InChI is InChI=1S/C14H18N2O4S/c1-3-16(8-13(18)19-2)12(17)9-20-11-7-5-4-6-10(11)14(15)21/h4-7H,3,8-9H2,1-2H3,(H2,15,21). The van der Waals surface area contributed by atoms with Gasteiger partial charge in [-0.15, -0.1) is 0 Å². The fraction of sp³-hybridized carbons (Fsp3) is 0.357. The zero-order chi connectivity index (χ0) is 15.8. The molecule has 0 heterocycles. The van der Waals surface area contributed by atoms with Crippen molar-refractivity contribution in [3.63, 3.8) is 0 Å². The Morgan fingerprint density at radius 2 is 2.00 bits per heavy atom. The number of rotatable bonds is 7. The molecule has 0 saturated heterocycles. The summed E-state index contributed by atoms with van der Waals surface area (Å²) in [6.07, 6.45) is 0. The van der Waals surface area contributed by atoms with Crippen molar-refractivity contribution in [1.29, 1.82) is 0 Å². The molecule has 0 aromatic heterocycles. The Labute approximate surface area is 128 Å². The average Bonchev–Trinajstić information content (AvgIpc) is 2.49. The molecule has 6 nitrogen and oxygen atoms in total. The third-order valence-corrected chi connectivity index (χ3v) is 3.01. The van der Waals surface area contributed by atoms with Gasteiger partial charge in [-0.2, -0.15) is 0 Å². The Morgan fingerprint density at radius 3 is 2.57 bits per heavy atom. The zero-order valence-electron chi connectivity index (χ0n) is 12.0. The normalized spacial score (nSPS) is 9.81. The quantitative estimate of drug-likeness (QED) is 0.590. The second-order valence-electron chi connectivity index (χ2n) is 4.13. The summed E-state index contributed by atoms with van der Waals surface area (Å²) < 4.78 is 9.99. The first-order chi connectivity index (χ1) is 9.99. The summed E-state index contributed by atoms with van der Waals surface area (Å²) in [5.74, 6) is -0.359. The number of hydrogen-bond donors (Lipinski definition) is 1. The van der Waals surface area contributed by atoms with E-state index in [1.165, 1.54) is 12.0 Å². The molecule has 0 aliphatic heterocycles. The molecule has 0 fully saturated rings. The van der Waals surface area contributed by atoms with E-state index >= 15 is 0 Å². The van der Waals surface area contributed by atoms with E-state index < -0.39 is 5.97 Å². The Kier molecular flexibility index (Phi) is 6.61. The average molecular weight is 310 g/mol. The highest BCUT2D eigenvalue weighted by molar-refractivity contribution is 7.80. The van der Waals surface area contributed by atoms with Crippen LogP contribution in [0.25, 0.3) is 0 Å². The van der Waals surface area contributed by atoms with Crippen molar-refractivity contribution >= 4 is 29.1 Å². The lowest BCUT2D eigenvalue weighted by Crippen LogP contribution is -2.39. The fourth-order valence-electron chi connectivity index (χ4n) is 1.62. The third kappa shape index (κ3) is 5.03. The van der Waals surface area contributed by atoms with Crippen molar-refractivity contribution in [2.24, 2.45) is 5.73 Å². The van der Waals surface area contributed by atoms with Gasteiger partial charge in [-0.25, -0.2) is 0 Å². The van der Waals surface area contributed by atoms with Crippen molar-refractivity contribution < 1.29 is 19.1 Å². The Bertz CT molecular complexity index is 533. The highest BCUT2D eigenvalue weighted by atomic mass is 32.1. The van der Waals surface area contributed by atoms with Crippen LogP contribution in [-0.2, 0) is 14.3 Å². The molecular formula is C14H18N2O4S. The number of ether oxygens (including phenoxy) is 2. The van der Waals surface area contributed by atoms with Gasteiger partial charge in [0.2, 0.25) is 0 Å². The molecule has 0 unspecified atom stereocenters. The molecule has 0 atom stereocenters. The first-order valence-corrected chi connectivity index (χ1v) is 6.76. The van der Waals surface area contributed by atoms with Crippen molar-refractivity contribution in [1.82, 2.24) is 4.90 Å². The van der Waals surface area contributed by atoms with E-state index in [2.05, 4.69) is 4.74 Å². The van der Waals surface area contributed by atoms with Crippen LogP contribution in [0.15, 0.2) is 24.3 Å². The van der Waals surface area contributed by atoms with Crippen LogP contribution in [0.2, 0.25) is 0 Å². The molecule has 0 spiro atoms. The third-order valence-electron chi connectivity index (χ3n) is 2.79. The Hall–Kier alpha value is -2.15. The summed E-state index contributed by atoms with van der Waals surface area (Å²) in [7, 11) is 1.27. The van der Waals surface area contributed by atoms with E-state index in [1.54, 1.807) is 31.2 Å². The van der Waals surface area contributed by atoms with Crippen molar-refractivity contribution in [2.75, 3.05) is 26.8 Å². The summed E-state index contributed by atoms with van der Waals surface area (Å²) in [6.45, 7) is 1.84. The van der Waals surface area contributed by atoms with Crippen LogP contribution in [0.1, 0.15) is 12.5 Å². The number of carbonyl (C=O) groups is 2. The predicted octanol–water partition coefficient (Wildman–Crippen LogP) is 0.721. The van der Waals surface area contributed by atoms with Crippen molar-refractivity contribution in [3.05, 3.63) is 29.8 Å². The summed E-state index contributed by atoms with van der Waals surface area (Å²) >= 11 is 4.92. The summed E-state index contributed by atoms with van der Waals surface area (Å²) in [4.78, 5) is 24.8. The molecule has 1 rings (SSSR count). The highest BCUT2D eigenvalue weighted by Crippen LogP contribution is 2.17. The molecule has 21 heavy (non-hydrogen) atoms. The van der Waals surface area contributed by atoms with Crippen LogP contribution in [0.4, 0.5) is 0 Å². The number of benzene rings is 1. The number of nitrogens with two attached hydrogens (primary N) is 1. The lowest BCUT2D eigenvalue weighted by molar-refractivity contribution is -0.147. The highest BCUT2D eigenvalue weighted by Gasteiger charge is 2.17. The number of nitrogens with zero attached hydrogens (tertiary/aromatic N) is 1. The number of thiocarbonyl (C=S) groups is 1. The molecule has 1 amide bonds. The van der Waals surface area contributed by atoms with E-state index in [-0.39, 0.29) is 24.0 Å². The van der Waals surface area contributed by atoms with E-state index in [4.69, 9.17) is 22.7 Å². The van der Waals surface area contributed by atoms with E-state index in [9.17, 15) is 9.59 Å². The minimum atomic E-state index is -0.478.